The van der Waals surface area contributed by atoms with Gasteiger partial charge in [0.15, 0.2) is 0 Å². The Morgan fingerprint density at radius 1 is 0.826 bits per heavy atom. The summed E-state index contributed by atoms with van der Waals surface area (Å²) in [4.78, 5) is 30.2. The fourth-order valence-corrected chi connectivity index (χ4v) is 7.40. The molecule has 4 aromatic carbocycles. The number of nitrogens with zero attached hydrogens (tertiary/aromatic N) is 2. The number of rotatable bonds is 12. The lowest BCUT2D eigenvalue weighted by Gasteiger charge is -2.35. The van der Waals surface area contributed by atoms with Crippen LogP contribution in [-0.4, -0.2) is 43.8 Å². The second-order valence-corrected chi connectivity index (χ2v) is 13.7. The molecule has 4 aromatic rings. The monoisotopic (exact) mass is 641 g/mol. The van der Waals surface area contributed by atoms with Crippen molar-refractivity contribution in [2.75, 3.05) is 10.8 Å². The molecule has 1 fully saturated rings. The fraction of sp³-hybridized carbons (Fsp3) is 0.297. The van der Waals surface area contributed by atoms with Gasteiger partial charge in [-0.1, -0.05) is 97.6 Å². The van der Waals surface area contributed by atoms with Crippen LogP contribution in [0, 0.1) is 12.7 Å². The van der Waals surface area contributed by atoms with E-state index in [9.17, 15) is 22.4 Å². The van der Waals surface area contributed by atoms with Crippen molar-refractivity contribution in [3.8, 4) is 0 Å². The highest BCUT2D eigenvalue weighted by atomic mass is 32.2. The number of hydrogen-bond donors (Lipinski definition) is 1. The van der Waals surface area contributed by atoms with Gasteiger partial charge < -0.3 is 10.2 Å². The van der Waals surface area contributed by atoms with E-state index in [0.29, 0.717) is 0 Å². The molecule has 0 spiro atoms. The Bertz CT molecular complexity index is 1710. The summed E-state index contributed by atoms with van der Waals surface area (Å²) in [5.74, 6) is -1.35. The van der Waals surface area contributed by atoms with E-state index in [1.54, 1.807) is 18.2 Å². The topological polar surface area (TPSA) is 86.8 Å². The van der Waals surface area contributed by atoms with Crippen LogP contribution in [0.2, 0.25) is 0 Å². The van der Waals surface area contributed by atoms with Crippen molar-refractivity contribution in [2.24, 2.45) is 0 Å². The number of carbonyl (C=O) groups is 2. The summed E-state index contributed by atoms with van der Waals surface area (Å²) >= 11 is 0. The van der Waals surface area contributed by atoms with Crippen molar-refractivity contribution in [3.05, 3.63) is 132 Å². The molecule has 0 aliphatic heterocycles. The summed E-state index contributed by atoms with van der Waals surface area (Å²) in [7, 11) is -4.24. The van der Waals surface area contributed by atoms with Crippen molar-refractivity contribution in [1.82, 2.24) is 10.2 Å². The van der Waals surface area contributed by atoms with Gasteiger partial charge in [0.2, 0.25) is 11.8 Å². The minimum Gasteiger partial charge on any atom is -0.352 e. The van der Waals surface area contributed by atoms with E-state index < -0.39 is 34.3 Å². The Labute approximate surface area is 271 Å². The molecule has 7 nitrogen and oxygen atoms in total. The minimum atomic E-state index is -4.24. The molecule has 9 heteroatoms. The van der Waals surface area contributed by atoms with Crippen molar-refractivity contribution in [2.45, 2.75) is 69.0 Å². The lowest BCUT2D eigenvalue weighted by atomic mass is 9.94. The van der Waals surface area contributed by atoms with E-state index in [0.717, 1.165) is 65.2 Å². The Kier molecular flexibility index (Phi) is 10.9. The molecule has 0 aromatic heterocycles. The van der Waals surface area contributed by atoms with E-state index in [1.165, 1.54) is 29.2 Å². The molecule has 5 rings (SSSR count). The van der Waals surface area contributed by atoms with Gasteiger partial charge in [-0.05, 0) is 67.3 Å². The number of sulfonamides is 1. The molecule has 1 aliphatic carbocycles. The van der Waals surface area contributed by atoms with Gasteiger partial charge >= 0.3 is 0 Å². The molecule has 1 aliphatic rings. The SMILES string of the molecule is Cc1cccc(CN(C(=O)CN(c2ccc(F)cc2)S(=O)(=O)c2ccccc2)[C@@H](Cc2ccccc2)C(=O)NC2CCCCC2)c1. The number of amides is 2. The molecule has 46 heavy (non-hydrogen) atoms. The molecular formula is C37H40FN3O4S. The Morgan fingerprint density at radius 2 is 1.46 bits per heavy atom. The van der Waals surface area contributed by atoms with Crippen molar-refractivity contribution in [1.29, 1.82) is 0 Å². The Morgan fingerprint density at radius 3 is 2.11 bits per heavy atom. The van der Waals surface area contributed by atoms with Gasteiger partial charge in [0, 0.05) is 19.0 Å². The zero-order valence-corrected chi connectivity index (χ0v) is 26.8. The second-order valence-electron chi connectivity index (χ2n) is 11.9. The third-order valence-electron chi connectivity index (χ3n) is 8.38. The van der Waals surface area contributed by atoms with E-state index in [4.69, 9.17) is 0 Å². The normalized spacial score (nSPS) is 14.3. The van der Waals surface area contributed by atoms with Crippen LogP contribution in [0.4, 0.5) is 10.1 Å². The quantitative estimate of drug-likeness (QED) is 0.194. The molecule has 2 amide bonds. The van der Waals surface area contributed by atoms with Gasteiger partial charge in [0.1, 0.15) is 18.4 Å². The maximum Gasteiger partial charge on any atom is 0.264 e. The summed E-state index contributed by atoms with van der Waals surface area (Å²) in [5, 5.41) is 3.21. The largest absolute Gasteiger partial charge is 0.352 e. The number of benzene rings is 4. The van der Waals surface area contributed by atoms with E-state index in [2.05, 4.69) is 5.32 Å². The zero-order chi connectivity index (χ0) is 32.5. The number of anilines is 1. The second kappa shape index (κ2) is 15.2. The van der Waals surface area contributed by atoms with E-state index >= 15 is 0 Å². The lowest BCUT2D eigenvalue weighted by molar-refractivity contribution is -0.140. The zero-order valence-electron chi connectivity index (χ0n) is 26.0. The van der Waals surface area contributed by atoms with Crippen LogP contribution in [0.3, 0.4) is 0 Å². The van der Waals surface area contributed by atoms with Gasteiger partial charge in [-0.3, -0.25) is 13.9 Å². The molecule has 1 atom stereocenters. The van der Waals surface area contributed by atoms with Crippen LogP contribution in [0.15, 0.2) is 114 Å². The molecule has 0 radical (unpaired) electrons. The van der Waals surface area contributed by atoms with Gasteiger partial charge in [-0.25, -0.2) is 12.8 Å². The van der Waals surface area contributed by atoms with Gasteiger partial charge in [0.25, 0.3) is 10.0 Å². The average Bonchev–Trinajstić information content (AvgIpc) is 3.07. The first-order valence-corrected chi connectivity index (χ1v) is 17.2. The maximum absolute atomic E-state index is 14.6. The van der Waals surface area contributed by atoms with Crippen LogP contribution in [-0.2, 0) is 32.6 Å². The fourth-order valence-electron chi connectivity index (χ4n) is 5.96. The molecule has 0 bridgehead atoms. The highest BCUT2D eigenvalue weighted by Crippen LogP contribution is 2.26. The lowest BCUT2D eigenvalue weighted by Crippen LogP contribution is -2.55. The summed E-state index contributed by atoms with van der Waals surface area (Å²) in [6, 6.07) is 29.1. The van der Waals surface area contributed by atoms with Gasteiger partial charge in [-0.15, -0.1) is 0 Å². The standard InChI is InChI=1S/C37H40FN3O4S/c1-28-12-11-15-30(24-28)26-40(35(25-29-13-5-2-6-14-29)37(43)39-32-16-7-3-8-17-32)36(42)27-41(33-22-20-31(38)21-23-33)46(44,45)34-18-9-4-10-19-34/h2,4-6,9-15,18-24,32,35H,3,7-8,16-17,25-27H2,1H3,(H,39,43)/t35-/m0/s1. The summed E-state index contributed by atoms with van der Waals surface area (Å²) in [5.41, 5.74) is 2.83. The highest BCUT2D eigenvalue weighted by Gasteiger charge is 2.35. The van der Waals surface area contributed by atoms with E-state index in [1.807, 2.05) is 61.5 Å². The first-order chi connectivity index (χ1) is 22.2. The van der Waals surface area contributed by atoms with Crippen LogP contribution in [0.5, 0.6) is 0 Å². The molecule has 0 unspecified atom stereocenters. The summed E-state index contributed by atoms with van der Waals surface area (Å²) < 4.78 is 43.0. The summed E-state index contributed by atoms with van der Waals surface area (Å²) in [6.07, 6.45) is 5.20. The number of halogens is 1. The van der Waals surface area contributed by atoms with Crippen molar-refractivity contribution >= 4 is 27.5 Å². The molecule has 240 valence electrons. The van der Waals surface area contributed by atoms with Crippen LogP contribution >= 0.6 is 0 Å². The van der Waals surface area contributed by atoms with Crippen LogP contribution in [0.1, 0.15) is 48.8 Å². The third-order valence-corrected chi connectivity index (χ3v) is 10.2. The Balaban J connectivity index is 1.55. The molecule has 1 saturated carbocycles. The van der Waals surface area contributed by atoms with Crippen LogP contribution in [0.25, 0.3) is 0 Å². The summed E-state index contributed by atoms with van der Waals surface area (Å²) in [6.45, 7) is 1.46. The molecule has 1 N–H and O–H groups in total. The minimum absolute atomic E-state index is 0.00626. The Hall–Kier alpha value is -4.50. The predicted octanol–water partition coefficient (Wildman–Crippen LogP) is 6.42. The average molecular weight is 642 g/mol. The van der Waals surface area contributed by atoms with Gasteiger partial charge in [-0.2, -0.15) is 0 Å². The number of carbonyl (C=O) groups excluding carboxylic acids is 2. The van der Waals surface area contributed by atoms with Crippen molar-refractivity contribution in [3.63, 3.8) is 0 Å². The highest BCUT2D eigenvalue weighted by molar-refractivity contribution is 7.92. The first-order valence-electron chi connectivity index (χ1n) is 15.7. The smallest absolute Gasteiger partial charge is 0.264 e. The third kappa shape index (κ3) is 8.40. The van der Waals surface area contributed by atoms with Gasteiger partial charge in [0.05, 0.1) is 10.6 Å². The van der Waals surface area contributed by atoms with Crippen molar-refractivity contribution < 1.29 is 22.4 Å². The molecule has 0 saturated heterocycles. The maximum atomic E-state index is 14.6. The number of nitrogens with one attached hydrogen (secondary N) is 1. The number of aryl methyl sites for hydroxylation is 1. The molecule has 0 heterocycles. The van der Waals surface area contributed by atoms with Crippen LogP contribution < -0.4 is 9.62 Å². The number of hydrogen-bond acceptors (Lipinski definition) is 4. The van der Waals surface area contributed by atoms with E-state index in [-0.39, 0.29) is 35.5 Å². The predicted molar refractivity (Wildman–Crippen MR) is 178 cm³/mol. The first kappa shape index (κ1) is 32.9. The molecular weight excluding hydrogens is 601 g/mol.